The third-order valence-corrected chi connectivity index (χ3v) is 6.36. The van der Waals surface area contributed by atoms with Crippen molar-refractivity contribution in [3.8, 4) is 11.1 Å². The van der Waals surface area contributed by atoms with E-state index in [2.05, 4.69) is 16.0 Å². The second-order valence-corrected chi connectivity index (χ2v) is 8.45. The van der Waals surface area contributed by atoms with Crippen LogP contribution in [0.3, 0.4) is 0 Å². The van der Waals surface area contributed by atoms with Gasteiger partial charge in [0.1, 0.15) is 5.82 Å². The molecule has 0 radical (unpaired) electrons. The SMILES string of the molecule is O=C1NC(=O)C(CNC(=O)c2ccc(F)cc2-c2ccc(C(F)(F)F)cc2)(C2(Cl)CC2)N1. The van der Waals surface area contributed by atoms with Crippen molar-refractivity contribution in [2.45, 2.75) is 29.4 Å². The van der Waals surface area contributed by atoms with E-state index in [1.807, 2.05) is 0 Å². The van der Waals surface area contributed by atoms with Gasteiger partial charge in [0.25, 0.3) is 11.8 Å². The van der Waals surface area contributed by atoms with Crippen LogP contribution in [0.2, 0.25) is 0 Å². The predicted molar refractivity (Wildman–Crippen MR) is 106 cm³/mol. The molecule has 2 aromatic rings. The van der Waals surface area contributed by atoms with Crippen molar-refractivity contribution in [2.75, 3.05) is 6.54 Å². The Balaban J connectivity index is 1.61. The fraction of sp³-hybridized carbons (Fsp3) is 0.286. The highest BCUT2D eigenvalue weighted by atomic mass is 35.5. The van der Waals surface area contributed by atoms with E-state index in [9.17, 15) is 31.9 Å². The molecular formula is C21H16ClF4N3O3. The van der Waals surface area contributed by atoms with Crippen molar-refractivity contribution >= 4 is 29.4 Å². The van der Waals surface area contributed by atoms with Crippen LogP contribution in [0.5, 0.6) is 0 Å². The lowest BCUT2D eigenvalue weighted by Crippen LogP contribution is -2.62. The van der Waals surface area contributed by atoms with Gasteiger partial charge in [-0.15, -0.1) is 11.6 Å². The fourth-order valence-corrected chi connectivity index (χ4v) is 4.02. The van der Waals surface area contributed by atoms with E-state index in [0.717, 1.165) is 36.4 Å². The molecule has 168 valence electrons. The van der Waals surface area contributed by atoms with Crippen molar-refractivity contribution in [3.63, 3.8) is 0 Å². The number of carbonyl (C=O) groups excluding carboxylic acids is 3. The van der Waals surface area contributed by atoms with Crippen LogP contribution in [-0.4, -0.2) is 34.8 Å². The zero-order valence-electron chi connectivity index (χ0n) is 16.3. The molecule has 1 heterocycles. The van der Waals surface area contributed by atoms with Crippen LogP contribution >= 0.6 is 11.6 Å². The van der Waals surface area contributed by atoms with Gasteiger partial charge in [0.15, 0.2) is 5.54 Å². The lowest BCUT2D eigenvalue weighted by Gasteiger charge is -2.31. The first-order chi connectivity index (χ1) is 14.9. The Labute approximate surface area is 184 Å². The molecule has 2 fully saturated rings. The zero-order chi connectivity index (χ0) is 23.3. The van der Waals surface area contributed by atoms with Crippen molar-refractivity contribution in [1.29, 1.82) is 0 Å². The summed E-state index contributed by atoms with van der Waals surface area (Å²) in [6.07, 6.45) is -3.64. The van der Waals surface area contributed by atoms with Gasteiger partial charge in [-0.3, -0.25) is 14.9 Å². The highest BCUT2D eigenvalue weighted by molar-refractivity contribution is 6.30. The molecule has 11 heteroatoms. The summed E-state index contributed by atoms with van der Waals surface area (Å²) in [5, 5.41) is 7.15. The Morgan fingerprint density at radius 2 is 1.75 bits per heavy atom. The van der Waals surface area contributed by atoms with Crippen LogP contribution in [0.15, 0.2) is 42.5 Å². The van der Waals surface area contributed by atoms with Crippen molar-refractivity contribution < 1.29 is 31.9 Å². The standard InChI is InChI=1S/C21H16ClF4N3O3/c22-19(7-8-19)20(17(31)28-18(32)29-20)10-27-16(30)14-6-5-13(23)9-15(14)11-1-3-12(4-2-11)21(24,25)26/h1-6,9H,7-8,10H2,(H,27,30)(H2,28,29,31,32). The first-order valence-electron chi connectivity index (χ1n) is 9.53. The highest BCUT2D eigenvalue weighted by Crippen LogP contribution is 2.51. The van der Waals surface area contributed by atoms with Crippen LogP contribution in [0.4, 0.5) is 22.4 Å². The number of benzene rings is 2. The average Bonchev–Trinajstić information content (AvgIpc) is 3.41. The number of alkyl halides is 4. The monoisotopic (exact) mass is 469 g/mol. The van der Waals surface area contributed by atoms with E-state index in [0.29, 0.717) is 12.8 Å². The van der Waals surface area contributed by atoms with E-state index >= 15 is 0 Å². The summed E-state index contributed by atoms with van der Waals surface area (Å²) in [5.74, 6) is -2.07. The first kappa shape index (κ1) is 22.1. The van der Waals surface area contributed by atoms with Gasteiger partial charge in [0, 0.05) is 5.56 Å². The number of hydrogen-bond donors (Lipinski definition) is 3. The Bertz CT molecular complexity index is 1120. The number of imide groups is 1. The zero-order valence-corrected chi connectivity index (χ0v) is 17.0. The molecule has 0 aromatic heterocycles. The number of amides is 4. The van der Waals surface area contributed by atoms with Crippen molar-refractivity contribution in [2.24, 2.45) is 0 Å². The summed E-state index contributed by atoms with van der Waals surface area (Å²) in [7, 11) is 0. The molecular weight excluding hydrogens is 454 g/mol. The fourth-order valence-electron chi connectivity index (χ4n) is 3.73. The van der Waals surface area contributed by atoms with E-state index in [1.165, 1.54) is 6.07 Å². The maximum Gasteiger partial charge on any atom is 0.416 e. The summed E-state index contributed by atoms with van der Waals surface area (Å²) >= 11 is 6.43. The van der Waals surface area contributed by atoms with Crippen molar-refractivity contribution in [3.05, 3.63) is 59.4 Å². The summed E-state index contributed by atoms with van der Waals surface area (Å²) in [6, 6.07) is 6.46. The van der Waals surface area contributed by atoms with Gasteiger partial charge in [0.05, 0.1) is 17.0 Å². The molecule has 1 saturated heterocycles. The van der Waals surface area contributed by atoms with Gasteiger partial charge in [-0.1, -0.05) is 12.1 Å². The summed E-state index contributed by atoms with van der Waals surface area (Å²) in [6.45, 7) is -0.323. The van der Waals surface area contributed by atoms with Gasteiger partial charge >= 0.3 is 12.2 Å². The van der Waals surface area contributed by atoms with Gasteiger partial charge in [-0.2, -0.15) is 13.2 Å². The van der Waals surface area contributed by atoms with E-state index in [-0.39, 0.29) is 23.2 Å². The van der Waals surface area contributed by atoms with Crippen LogP contribution in [0.25, 0.3) is 11.1 Å². The minimum Gasteiger partial charge on any atom is -0.349 e. The molecule has 32 heavy (non-hydrogen) atoms. The van der Waals surface area contributed by atoms with Gasteiger partial charge in [0.2, 0.25) is 0 Å². The quantitative estimate of drug-likeness (QED) is 0.355. The molecule has 2 aliphatic rings. The Morgan fingerprint density at radius 3 is 2.28 bits per heavy atom. The van der Waals surface area contributed by atoms with Crippen LogP contribution in [0, 0.1) is 5.82 Å². The van der Waals surface area contributed by atoms with E-state index < -0.39 is 45.8 Å². The smallest absolute Gasteiger partial charge is 0.349 e. The third kappa shape index (κ3) is 3.79. The molecule has 1 atom stereocenters. The summed E-state index contributed by atoms with van der Waals surface area (Å²) in [4.78, 5) is 36.0. The van der Waals surface area contributed by atoms with Gasteiger partial charge in [-0.05, 0) is 54.3 Å². The molecule has 0 bridgehead atoms. The van der Waals surface area contributed by atoms with E-state index in [1.54, 1.807) is 0 Å². The maximum absolute atomic E-state index is 13.9. The predicted octanol–water partition coefficient (Wildman–Crippen LogP) is 3.59. The number of hydrogen-bond acceptors (Lipinski definition) is 3. The lowest BCUT2D eigenvalue weighted by molar-refractivity contribution is -0.137. The van der Waals surface area contributed by atoms with Crippen LogP contribution in [0.1, 0.15) is 28.8 Å². The average molecular weight is 470 g/mol. The lowest BCUT2D eigenvalue weighted by atomic mass is 9.92. The van der Waals surface area contributed by atoms with Crippen molar-refractivity contribution in [1.82, 2.24) is 16.0 Å². The highest BCUT2D eigenvalue weighted by Gasteiger charge is 2.66. The molecule has 2 aromatic carbocycles. The maximum atomic E-state index is 13.9. The molecule has 4 amide bonds. The minimum atomic E-state index is -4.54. The Kier molecular flexibility index (Phi) is 5.15. The molecule has 0 spiro atoms. The largest absolute Gasteiger partial charge is 0.416 e. The number of halogens is 5. The van der Waals surface area contributed by atoms with Crippen LogP contribution < -0.4 is 16.0 Å². The Morgan fingerprint density at radius 1 is 1.09 bits per heavy atom. The van der Waals surface area contributed by atoms with Crippen LogP contribution in [-0.2, 0) is 11.0 Å². The topological polar surface area (TPSA) is 87.3 Å². The van der Waals surface area contributed by atoms with Gasteiger partial charge in [-0.25, -0.2) is 9.18 Å². The Hall–Kier alpha value is -3.14. The summed E-state index contributed by atoms with van der Waals surface area (Å²) in [5.41, 5.74) is -2.19. The second-order valence-electron chi connectivity index (χ2n) is 7.73. The van der Waals surface area contributed by atoms with E-state index in [4.69, 9.17) is 11.6 Å². The molecule has 1 saturated carbocycles. The number of nitrogens with one attached hydrogen (secondary N) is 3. The minimum absolute atomic E-state index is 0.0227. The molecule has 6 nitrogen and oxygen atoms in total. The third-order valence-electron chi connectivity index (χ3n) is 5.66. The molecule has 1 aliphatic heterocycles. The van der Waals surface area contributed by atoms with Gasteiger partial charge < -0.3 is 10.6 Å². The number of carbonyl (C=O) groups is 3. The number of rotatable bonds is 5. The summed E-state index contributed by atoms with van der Waals surface area (Å²) < 4.78 is 52.4. The number of urea groups is 1. The normalized spacial score (nSPS) is 21.7. The second kappa shape index (κ2) is 7.47. The molecule has 1 unspecified atom stereocenters. The first-order valence-corrected chi connectivity index (χ1v) is 9.91. The molecule has 1 aliphatic carbocycles. The molecule has 4 rings (SSSR count). The molecule has 3 N–H and O–H groups in total.